The molecule has 0 atom stereocenters. The Morgan fingerprint density at radius 1 is 0.978 bits per heavy atom. The number of nitrogens with one attached hydrogen (secondary N) is 4. The van der Waals surface area contributed by atoms with Crippen molar-refractivity contribution >= 4 is 22.6 Å². The average molecular weight is 626 g/mol. The number of nitrogens with zero attached hydrogens (tertiary/aromatic N) is 3. The number of amides is 1. The molecular weight excluding hydrogens is 578 g/mol. The minimum absolute atomic E-state index is 0.0174. The summed E-state index contributed by atoms with van der Waals surface area (Å²) in [5, 5.41) is 10.2. The molecule has 0 radical (unpaired) electrons. The number of carbonyl (C=O) groups excluding carboxylic acids is 1. The molecule has 10 heteroatoms. The van der Waals surface area contributed by atoms with E-state index in [1.165, 1.54) is 5.56 Å². The van der Waals surface area contributed by atoms with E-state index in [1.54, 1.807) is 10.8 Å². The topological polar surface area (TPSA) is 116 Å². The minimum atomic E-state index is -0.223. The van der Waals surface area contributed by atoms with Crippen molar-refractivity contribution < 1.29 is 4.79 Å². The van der Waals surface area contributed by atoms with Gasteiger partial charge in [0.1, 0.15) is 0 Å². The van der Waals surface area contributed by atoms with Gasteiger partial charge in [0.05, 0.1) is 11.0 Å². The molecule has 4 N–H and O–H groups in total. The van der Waals surface area contributed by atoms with Crippen LogP contribution in [-0.4, -0.2) is 64.7 Å². The fraction of sp³-hybridized carbons (Fsp3) is 0.472. The van der Waals surface area contributed by atoms with Gasteiger partial charge in [0.15, 0.2) is 0 Å². The summed E-state index contributed by atoms with van der Waals surface area (Å²) < 4.78 is 3.76. The molecule has 2 aliphatic heterocycles. The van der Waals surface area contributed by atoms with Crippen LogP contribution >= 0.6 is 0 Å². The number of pyridine rings is 1. The van der Waals surface area contributed by atoms with Gasteiger partial charge in [-0.3, -0.25) is 18.7 Å². The summed E-state index contributed by atoms with van der Waals surface area (Å²) >= 11 is 0. The van der Waals surface area contributed by atoms with Crippen molar-refractivity contribution in [1.82, 2.24) is 29.7 Å². The molecular formula is C36H47N7O3. The molecule has 0 saturated carbocycles. The average Bonchev–Trinajstić information content (AvgIpc) is 3.31. The van der Waals surface area contributed by atoms with Gasteiger partial charge in [0.25, 0.3) is 11.5 Å². The third-order valence-corrected chi connectivity index (χ3v) is 10.1. The second-order valence-corrected chi connectivity index (χ2v) is 13.0. The fourth-order valence-corrected chi connectivity index (χ4v) is 7.45. The predicted molar refractivity (Wildman–Crippen MR) is 185 cm³/mol. The number of benzene rings is 2. The Morgan fingerprint density at radius 3 is 2.41 bits per heavy atom. The lowest BCUT2D eigenvalue weighted by molar-refractivity contribution is 0.0950. The van der Waals surface area contributed by atoms with Gasteiger partial charge < -0.3 is 25.8 Å². The van der Waals surface area contributed by atoms with Crippen LogP contribution in [0.15, 0.2) is 46.1 Å². The molecule has 2 fully saturated rings. The molecule has 2 saturated heterocycles. The molecule has 4 aromatic rings. The van der Waals surface area contributed by atoms with Crippen LogP contribution in [0, 0.1) is 13.8 Å². The summed E-state index contributed by atoms with van der Waals surface area (Å²) in [6, 6.07) is 10.4. The Labute approximate surface area is 270 Å². The molecule has 6 rings (SSSR count). The van der Waals surface area contributed by atoms with Gasteiger partial charge >= 0.3 is 5.69 Å². The number of hydrogen-bond acceptors (Lipinski definition) is 6. The second-order valence-electron chi connectivity index (χ2n) is 13.0. The van der Waals surface area contributed by atoms with Gasteiger partial charge in [-0.25, -0.2) is 4.79 Å². The smallest absolute Gasteiger partial charge is 0.329 e. The Morgan fingerprint density at radius 2 is 1.72 bits per heavy atom. The summed E-state index contributed by atoms with van der Waals surface area (Å²) in [7, 11) is 3.99. The van der Waals surface area contributed by atoms with Crippen LogP contribution in [0.2, 0.25) is 0 Å². The Kier molecular flexibility index (Phi) is 9.20. The quantitative estimate of drug-likeness (QED) is 0.231. The molecule has 4 heterocycles. The van der Waals surface area contributed by atoms with E-state index in [-0.39, 0.29) is 29.7 Å². The summed E-state index contributed by atoms with van der Waals surface area (Å²) in [6.45, 7) is 10.7. The van der Waals surface area contributed by atoms with Crippen molar-refractivity contribution in [2.45, 2.75) is 65.0 Å². The monoisotopic (exact) mass is 625 g/mol. The zero-order chi connectivity index (χ0) is 32.5. The maximum absolute atomic E-state index is 13.9. The third-order valence-electron chi connectivity index (χ3n) is 10.1. The zero-order valence-corrected chi connectivity index (χ0v) is 27.8. The molecule has 1 amide bonds. The largest absolute Gasteiger partial charge is 0.385 e. The highest BCUT2D eigenvalue weighted by atomic mass is 16.2. The highest BCUT2D eigenvalue weighted by Gasteiger charge is 2.28. The first kappa shape index (κ1) is 31.8. The maximum atomic E-state index is 13.9. The summed E-state index contributed by atoms with van der Waals surface area (Å²) in [5.41, 5.74) is 8.76. The lowest BCUT2D eigenvalue weighted by Crippen LogP contribution is -2.35. The number of aromatic amines is 1. The van der Waals surface area contributed by atoms with Gasteiger partial charge in [-0.1, -0.05) is 6.07 Å². The third kappa shape index (κ3) is 5.91. The van der Waals surface area contributed by atoms with Gasteiger partial charge in [-0.15, -0.1) is 0 Å². The van der Waals surface area contributed by atoms with E-state index < -0.39 is 0 Å². The van der Waals surface area contributed by atoms with Gasteiger partial charge in [0, 0.05) is 49.2 Å². The second kappa shape index (κ2) is 13.3. The van der Waals surface area contributed by atoms with E-state index >= 15 is 0 Å². The Balaban J connectivity index is 1.48. The van der Waals surface area contributed by atoms with E-state index in [0.29, 0.717) is 17.0 Å². The molecule has 2 aliphatic rings. The number of imidazole rings is 1. The van der Waals surface area contributed by atoms with Crippen LogP contribution in [0.4, 0.5) is 5.69 Å². The predicted octanol–water partition coefficient (Wildman–Crippen LogP) is 4.41. The van der Waals surface area contributed by atoms with Crippen LogP contribution in [0.25, 0.3) is 22.2 Å². The number of hydrogen-bond donors (Lipinski definition) is 4. The number of fused-ring (bicyclic) bond motifs is 1. The number of piperidine rings is 2. The maximum Gasteiger partial charge on any atom is 0.329 e. The van der Waals surface area contributed by atoms with Crippen molar-refractivity contribution in [1.29, 1.82) is 0 Å². The lowest BCUT2D eigenvalue weighted by Gasteiger charge is -2.30. The standard InChI is InChI=1S/C36H47N7O3/c1-6-38-33-23(3)27(34(44)40-21-29-22(2)9-16-39-35(29)45)20-28(32(33)24-10-14-37-15-11-24)25-7-8-30-31(19-25)42(5)36(46)43(30)26-12-17-41(4)18-13-26/h7-9,16,19-20,24,26,37-38H,6,10-15,17-18,21H2,1-5H3,(H,39,45)(H,40,44). The molecule has 0 unspecified atom stereocenters. The number of rotatable bonds is 8. The summed E-state index contributed by atoms with van der Waals surface area (Å²) in [4.78, 5) is 45.0. The van der Waals surface area contributed by atoms with Crippen molar-refractivity contribution in [3.05, 3.63) is 85.2 Å². The highest BCUT2D eigenvalue weighted by molar-refractivity contribution is 6.00. The van der Waals surface area contributed by atoms with Crippen LogP contribution in [-0.2, 0) is 13.6 Å². The summed E-state index contributed by atoms with van der Waals surface area (Å²) in [5.74, 6) is 0.0919. The van der Waals surface area contributed by atoms with E-state index in [0.717, 1.165) is 97.4 Å². The van der Waals surface area contributed by atoms with Crippen LogP contribution in [0.3, 0.4) is 0 Å². The number of anilines is 1. The normalized spacial score (nSPS) is 16.6. The summed E-state index contributed by atoms with van der Waals surface area (Å²) in [6.07, 6.45) is 5.53. The number of aryl methyl sites for hydroxylation is 2. The highest BCUT2D eigenvalue weighted by Crippen LogP contribution is 2.43. The number of H-pyrrole nitrogens is 1. The van der Waals surface area contributed by atoms with Crippen LogP contribution < -0.4 is 27.2 Å². The Bertz CT molecular complexity index is 1870. The van der Waals surface area contributed by atoms with Gasteiger partial charge in [0.2, 0.25) is 0 Å². The van der Waals surface area contributed by atoms with Crippen molar-refractivity contribution in [2.24, 2.45) is 7.05 Å². The molecule has 10 nitrogen and oxygen atoms in total. The SMILES string of the molecule is CCNc1c(C)c(C(=O)NCc2c(C)cc[nH]c2=O)cc(-c2ccc3c(c2)n(C)c(=O)n3C2CCN(C)CC2)c1C1CCNCC1. The molecule has 0 aliphatic carbocycles. The number of likely N-dealkylation sites (tertiary alicyclic amines) is 1. The fourth-order valence-electron chi connectivity index (χ4n) is 7.45. The Hall–Kier alpha value is -4.15. The van der Waals surface area contributed by atoms with E-state index in [4.69, 9.17) is 0 Å². The van der Waals surface area contributed by atoms with Crippen molar-refractivity contribution in [2.75, 3.05) is 45.1 Å². The van der Waals surface area contributed by atoms with Crippen LogP contribution in [0.5, 0.6) is 0 Å². The first-order valence-corrected chi connectivity index (χ1v) is 16.7. The number of carbonyl (C=O) groups is 1. The van der Waals surface area contributed by atoms with E-state index in [1.807, 2.05) is 37.6 Å². The first-order valence-electron chi connectivity index (χ1n) is 16.7. The molecule has 0 bridgehead atoms. The lowest BCUT2D eigenvalue weighted by atomic mass is 9.81. The first-order chi connectivity index (χ1) is 22.2. The number of aromatic nitrogens is 3. The van der Waals surface area contributed by atoms with Crippen molar-refractivity contribution in [3.63, 3.8) is 0 Å². The molecule has 244 valence electrons. The zero-order valence-electron chi connectivity index (χ0n) is 27.8. The van der Waals surface area contributed by atoms with Gasteiger partial charge in [-0.05, 0) is 138 Å². The van der Waals surface area contributed by atoms with Crippen molar-refractivity contribution in [3.8, 4) is 11.1 Å². The van der Waals surface area contributed by atoms with E-state index in [2.05, 4.69) is 58.0 Å². The minimum Gasteiger partial charge on any atom is -0.385 e. The molecule has 46 heavy (non-hydrogen) atoms. The molecule has 2 aromatic carbocycles. The molecule has 2 aromatic heterocycles. The van der Waals surface area contributed by atoms with Crippen LogP contribution in [0.1, 0.15) is 77.2 Å². The van der Waals surface area contributed by atoms with E-state index in [9.17, 15) is 14.4 Å². The molecule has 0 spiro atoms. The van der Waals surface area contributed by atoms with Gasteiger partial charge in [-0.2, -0.15) is 0 Å².